The molecule has 20 heavy (non-hydrogen) atoms. The van der Waals surface area contributed by atoms with E-state index >= 15 is 0 Å². The van der Waals surface area contributed by atoms with Crippen LogP contribution in [-0.2, 0) is 0 Å². The first kappa shape index (κ1) is 15.1. The molecule has 0 amide bonds. The molecule has 6 heteroatoms. The van der Waals surface area contributed by atoms with Gasteiger partial charge < -0.3 is 10.6 Å². The second-order valence-electron chi connectivity index (χ2n) is 4.41. The first-order valence-corrected chi connectivity index (χ1v) is 8.20. The van der Waals surface area contributed by atoms with E-state index in [0.717, 1.165) is 27.0 Å². The summed E-state index contributed by atoms with van der Waals surface area (Å²) in [4.78, 5) is 8.85. The van der Waals surface area contributed by atoms with Gasteiger partial charge in [0.1, 0.15) is 11.6 Å². The average Bonchev–Trinajstić information content (AvgIpc) is 2.42. The SMILES string of the molecule is CNc1cc(Nc2c(C)cc(Br)cc2C)nc(SC)n1. The number of rotatable bonds is 4. The lowest BCUT2D eigenvalue weighted by Gasteiger charge is -2.14. The van der Waals surface area contributed by atoms with Crippen LogP contribution in [0.25, 0.3) is 0 Å². The third-order valence-corrected chi connectivity index (χ3v) is 3.90. The molecule has 1 aromatic heterocycles. The van der Waals surface area contributed by atoms with Crippen molar-refractivity contribution in [2.75, 3.05) is 23.9 Å². The molecule has 4 nitrogen and oxygen atoms in total. The lowest BCUT2D eigenvalue weighted by Crippen LogP contribution is -2.02. The van der Waals surface area contributed by atoms with Crippen molar-refractivity contribution in [2.24, 2.45) is 0 Å². The lowest BCUT2D eigenvalue weighted by atomic mass is 10.1. The van der Waals surface area contributed by atoms with E-state index in [1.807, 2.05) is 19.4 Å². The van der Waals surface area contributed by atoms with Crippen LogP contribution < -0.4 is 10.6 Å². The third-order valence-electron chi connectivity index (χ3n) is 2.89. The van der Waals surface area contributed by atoms with Gasteiger partial charge in [0.2, 0.25) is 0 Å². The maximum atomic E-state index is 4.49. The molecule has 0 aliphatic rings. The van der Waals surface area contributed by atoms with E-state index < -0.39 is 0 Å². The number of hydrogen-bond acceptors (Lipinski definition) is 5. The quantitative estimate of drug-likeness (QED) is 0.632. The Morgan fingerprint density at radius 1 is 1.05 bits per heavy atom. The van der Waals surface area contributed by atoms with Crippen molar-refractivity contribution in [3.63, 3.8) is 0 Å². The molecule has 1 aromatic carbocycles. The van der Waals surface area contributed by atoms with Gasteiger partial charge in [-0.1, -0.05) is 27.7 Å². The number of halogens is 1. The van der Waals surface area contributed by atoms with Crippen LogP contribution in [0, 0.1) is 13.8 Å². The largest absolute Gasteiger partial charge is 0.373 e. The highest BCUT2D eigenvalue weighted by Gasteiger charge is 2.08. The molecule has 0 aliphatic carbocycles. The van der Waals surface area contributed by atoms with Gasteiger partial charge in [0.15, 0.2) is 5.16 Å². The molecule has 0 spiro atoms. The second kappa shape index (κ2) is 6.45. The van der Waals surface area contributed by atoms with E-state index in [1.54, 1.807) is 0 Å². The van der Waals surface area contributed by atoms with Crippen LogP contribution >= 0.6 is 27.7 Å². The minimum absolute atomic E-state index is 0.742. The zero-order valence-corrected chi connectivity index (χ0v) is 14.3. The summed E-state index contributed by atoms with van der Waals surface area (Å²) < 4.78 is 1.08. The predicted octanol–water partition coefficient (Wildman–Crippen LogP) is 4.36. The summed E-state index contributed by atoms with van der Waals surface area (Å²) >= 11 is 5.04. The molecule has 0 atom stereocenters. The number of nitrogens with one attached hydrogen (secondary N) is 2. The fourth-order valence-corrected chi connectivity index (χ4v) is 3.01. The Bertz CT molecular complexity index is 585. The Morgan fingerprint density at radius 2 is 1.65 bits per heavy atom. The van der Waals surface area contributed by atoms with Gasteiger partial charge in [0, 0.05) is 23.3 Å². The van der Waals surface area contributed by atoms with Crippen LogP contribution in [0.15, 0.2) is 27.8 Å². The molecular formula is C14H17BrN4S. The molecule has 2 rings (SSSR count). The molecule has 0 aliphatic heterocycles. The van der Waals surface area contributed by atoms with E-state index in [9.17, 15) is 0 Å². The number of thioether (sulfide) groups is 1. The predicted molar refractivity (Wildman–Crippen MR) is 90.3 cm³/mol. The van der Waals surface area contributed by atoms with Crippen molar-refractivity contribution in [1.29, 1.82) is 0 Å². The van der Waals surface area contributed by atoms with Gasteiger partial charge in [-0.2, -0.15) is 0 Å². The molecule has 0 unspecified atom stereocenters. The minimum Gasteiger partial charge on any atom is -0.373 e. The van der Waals surface area contributed by atoms with Crippen molar-refractivity contribution in [2.45, 2.75) is 19.0 Å². The number of hydrogen-bond donors (Lipinski definition) is 2. The number of aryl methyl sites for hydroxylation is 2. The molecule has 0 radical (unpaired) electrons. The van der Waals surface area contributed by atoms with Gasteiger partial charge in [-0.3, -0.25) is 0 Å². The third kappa shape index (κ3) is 3.43. The fourth-order valence-electron chi connectivity index (χ4n) is 1.94. The van der Waals surface area contributed by atoms with E-state index in [0.29, 0.717) is 0 Å². The summed E-state index contributed by atoms with van der Waals surface area (Å²) in [6, 6.07) is 6.08. The van der Waals surface area contributed by atoms with Gasteiger partial charge in [0.25, 0.3) is 0 Å². The lowest BCUT2D eigenvalue weighted by molar-refractivity contribution is 0.976. The van der Waals surface area contributed by atoms with E-state index in [1.165, 1.54) is 22.9 Å². The van der Waals surface area contributed by atoms with Crippen LogP contribution in [0.1, 0.15) is 11.1 Å². The molecule has 0 saturated carbocycles. The van der Waals surface area contributed by atoms with E-state index in [-0.39, 0.29) is 0 Å². The van der Waals surface area contributed by atoms with Crippen LogP contribution in [0.4, 0.5) is 17.3 Å². The maximum Gasteiger partial charge on any atom is 0.191 e. The molecule has 2 N–H and O–H groups in total. The van der Waals surface area contributed by atoms with Crippen molar-refractivity contribution in [1.82, 2.24) is 9.97 Å². The summed E-state index contributed by atoms with van der Waals surface area (Å²) in [6.45, 7) is 4.16. The summed E-state index contributed by atoms with van der Waals surface area (Å²) in [5, 5.41) is 7.19. The van der Waals surface area contributed by atoms with Gasteiger partial charge in [-0.05, 0) is 43.4 Å². The van der Waals surface area contributed by atoms with Crippen molar-refractivity contribution < 1.29 is 0 Å². The summed E-state index contributed by atoms with van der Waals surface area (Å²) in [5.41, 5.74) is 3.43. The molecular weight excluding hydrogens is 336 g/mol. The van der Waals surface area contributed by atoms with Crippen molar-refractivity contribution in [3.8, 4) is 0 Å². The summed E-state index contributed by atoms with van der Waals surface area (Å²) in [7, 11) is 1.85. The van der Waals surface area contributed by atoms with Gasteiger partial charge in [-0.15, -0.1) is 0 Å². The zero-order chi connectivity index (χ0) is 14.7. The Hall–Kier alpha value is -1.27. The highest BCUT2D eigenvalue weighted by atomic mass is 79.9. The fraction of sp³-hybridized carbons (Fsp3) is 0.286. The highest BCUT2D eigenvalue weighted by molar-refractivity contribution is 9.10. The minimum atomic E-state index is 0.742. The number of nitrogens with zero attached hydrogens (tertiary/aromatic N) is 2. The van der Waals surface area contributed by atoms with Crippen LogP contribution in [-0.4, -0.2) is 23.3 Å². The Kier molecular flexibility index (Phi) is 4.88. The number of anilines is 3. The van der Waals surface area contributed by atoms with Gasteiger partial charge in [-0.25, -0.2) is 9.97 Å². The second-order valence-corrected chi connectivity index (χ2v) is 6.10. The Balaban J connectivity index is 2.39. The van der Waals surface area contributed by atoms with Gasteiger partial charge in [0.05, 0.1) is 0 Å². The average molecular weight is 353 g/mol. The van der Waals surface area contributed by atoms with Crippen LogP contribution in [0.2, 0.25) is 0 Å². The molecule has 0 saturated heterocycles. The number of benzene rings is 1. The first-order chi connectivity index (χ1) is 9.53. The summed E-state index contributed by atoms with van der Waals surface area (Å²) in [6.07, 6.45) is 1.97. The maximum absolute atomic E-state index is 4.49. The van der Waals surface area contributed by atoms with E-state index in [4.69, 9.17) is 0 Å². The van der Waals surface area contributed by atoms with Gasteiger partial charge >= 0.3 is 0 Å². The standard InChI is InChI=1S/C14H17BrN4S/c1-8-5-10(15)6-9(2)13(8)17-12-7-11(16-3)18-14(19-12)20-4/h5-7H,1-4H3,(H2,16,17,18,19). The highest BCUT2D eigenvalue weighted by Crippen LogP contribution is 2.28. The van der Waals surface area contributed by atoms with Crippen LogP contribution in [0.3, 0.4) is 0 Å². The van der Waals surface area contributed by atoms with E-state index in [2.05, 4.69) is 62.5 Å². The van der Waals surface area contributed by atoms with Crippen molar-refractivity contribution in [3.05, 3.63) is 33.8 Å². The Morgan fingerprint density at radius 3 is 2.20 bits per heavy atom. The molecule has 0 fully saturated rings. The first-order valence-electron chi connectivity index (χ1n) is 6.18. The number of aromatic nitrogens is 2. The molecule has 0 bridgehead atoms. The topological polar surface area (TPSA) is 49.8 Å². The Labute approximate surface area is 131 Å². The van der Waals surface area contributed by atoms with Crippen molar-refractivity contribution >= 4 is 45.0 Å². The normalized spacial score (nSPS) is 10.4. The molecule has 106 valence electrons. The monoisotopic (exact) mass is 352 g/mol. The van der Waals surface area contributed by atoms with Crippen LogP contribution in [0.5, 0.6) is 0 Å². The smallest absolute Gasteiger partial charge is 0.191 e. The molecule has 1 heterocycles. The zero-order valence-electron chi connectivity index (χ0n) is 11.9. The summed E-state index contributed by atoms with van der Waals surface area (Å²) in [5.74, 6) is 1.60. The molecule has 2 aromatic rings.